The molecule has 0 aliphatic heterocycles. The first-order chi connectivity index (χ1) is 8.44. The van der Waals surface area contributed by atoms with E-state index in [0.29, 0.717) is 6.54 Å². The molecule has 106 valence electrons. The van der Waals surface area contributed by atoms with Crippen molar-refractivity contribution in [2.45, 2.75) is 37.9 Å². The van der Waals surface area contributed by atoms with Crippen molar-refractivity contribution in [2.24, 2.45) is 0 Å². The van der Waals surface area contributed by atoms with Gasteiger partial charge in [0.2, 0.25) is 5.91 Å². The lowest BCUT2D eigenvalue weighted by atomic mass is 9.91. The summed E-state index contributed by atoms with van der Waals surface area (Å²) in [6.07, 6.45) is -0.633. The van der Waals surface area contributed by atoms with Crippen molar-refractivity contribution in [3.63, 3.8) is 0 Å². The van der Waals surface area contributed by atoms with Crippen molar-refractivity contribution in [1.29, 1.82) is 0 Å². The molecule has 7 heteroatoms. The topological polar surface area (TPSA) is 29.5 Å². The van der Waals surface area contributed by atoms with E-state index in [4.69, 9.17) is 0 Å². The molecule has 1 amide bonds. The summed E-state index contributed by atoms with van der Waals surface area (Å²) in [5.74, 6) is -0.343. The summed E-state index contributed by atoms with van der Waals surface area (Å²) >= 11 is 3.28. The molecule has 0 heterocycles. The number of amides is 1. The standard InChI is InChI=1S/C11H17BrF3NO2/c12-5-2-6-16(9-3-1-4-9)10(17)7-18-8-11(13,14)15/h9H,1-8H2. The van der Waals surface area contributed by atoms with Crippen LogP contribution in [0.5, 0.6) is 0 Å². The zero-order valence-electron chi connectivity index (χ0n) is 10.0. The van der Waals surface area contributed by atoms with E-state index in [-0.39, 0.29) is 11.9 Å². The van der Waals surface area contributed by atoms with E-state index in [0.717, 1.165) is 31.0 Å². The maximum atomic E-state index is 11.9. The fourth-order valence-corrected chi connectivity index (χ4v) is 2.03. The highest BCUT2D eigenvalue weighted by molar-refractivity contribution is 9.09. The number of ether oxygens (including phenoxy) is 1. The van der Waals surface area contributed by atoms with E-state index in [1.807, 2.05) is 0 Å². The van der Waals surface area contributed by atoms with Crippen LogP contribution in [0, 0.1) is 0 Å². The molecule has 18 heavy (non-hydrogen) atoms. The first kappa shape index (κ1) is 15.8. The number of carbonyl (C=O) groups is 1. The predicted octanol–water partition coefficient (Wildman–Crippen LogP) is 2.73. The molecular formula is C11H17BrF3NO2. The summed E-state index contributed by atoms with van der Waals surface area (Å²) in [6.45, 7) is -1.28. The van der Waals surface area contributed by atoms with E-state index in [1.165, 1.54) is 0 Å². The number of rotatable bonds is 7. The van der Waals surface area contributed by atoms with Gasteiger partial charge in [-0.05, 0) is 25.7 Å². The molecule has 0 bridgehead atoms. The van der Waals surface area contributed by atoms with Gasteiger partial charge in [-0.3, -0.25) is 4.79 Å². The fourth-order valence-electron chi connectivity index (χ4n) is 1.78. The Morgan fingerprint density at radius 2 is 2.06 bits per heavy atom. The van der Waals surface area contributed by atoms with Crippen molar-refractivity contribution in [3.05, 3.63) is 0 Å². The Bertz CT molecular complexity index is 270. The summed E-state index contributed by atoms with van der Waals surface area (Å²) in [7, 11) is 0. The third-order valence-electron chi connectivity index (χ3n) is 2.86. The predicted molar refractivity (Wildman–Crippen MR) is 64.6 cm³/mol. The largest absolute Gasteiger partial charge is 0.411 e. The smallest absolute Gasteiger partial charge is 0.362 e. The Labute approximate surface area is 113 Å². The molecule has 0 aromatic heterocycles. The van der Waals surface area contributed by atoms with Crippen LogP contribution in [0.25, 0.3) is 0 Å². The number of carbonyl (C=O) groups excluding carboxylic acids is 1. The van der Waals surface area contributed by atoms with Crippen LogP contribution in [0.1, 0.15) is 25.7 Å². The maximum Gasteiger partial charge on any atom is 0.411 e. The molecule has 0 atom stereocenters. The third-order valence-corrected chi connectivity index (χ3v) is 3.42. The van der Waals surface area contributed by atoms with Gasteiger partial charge >= 0.3 is 6.18 Å². The highest BCUT2D eigenvalue weighted by Gasteiger charge is 2.31. The molecule has 0 spiro atoms. The summed E-state index contributed by atoms with van der Waals surface area (Å²) in [5.41, 5.74) is 0. The minimum atomic E-state index is -4.38. The molecule has 3 nitrogen and oxygen atoms in total. The lowest BCUT2D eigenvalue weighted by Gasteiger charge is -2.37. The van der Waals surface area contributed by atoms with E-state index in [2.05, 4.69) is 20.7 Å². The number of alkyl halides is 4. The van der Waals surface area contributed by atoms with Crippen LogP contribution in [0.4, 0.5) is 13.2 Å². The molecule has 1 aliphatic rings. The zero-order chi connectivity index (χ0) is 13.6. The second-order valence-electron chi connectivity index (χ2n) is 4.32. The molecule has 1 saturated carbocycles. The molecule has 0 unspecified atom stereocenters. The Hall–Kier alpha value is -0.300. The van der Waals surface area contributed by atoms with Crippen LogP contribution in [0.2, 0.25) is 0 Å². The van der Waals surface area contributed by atoms with Gasteiger partial charge in [0.1, 0.15) is 13.2 Å². The first-order valence-electron chi connectivity index (χ1n) is 5.94. The average molecular weight is 332 g/mol. The van der Waals surface area contributed by atoms with Gasteiger partial charge in [0.05, 0.1) is 0 Å². The summed E-state index contributed by atoms with van der Waals surface area (Å²) < 4.78 is 40.1. The normalized spacial score (nSPS) is 16.4. The Morgan fingerprint density at radius 3 is 2.50 bits per heavy atom. The van der Waals surface area contributed by atoms with Crippen LogP contribution in [-0.2, 0) is 9.53 Å². The first-order valence-corrected chi connectivity index (χ1v) is 7.06. The zero-order valence-corrected chi connectivity index (χ0v) is 11.6. The van der Waals surface area contributed by atoms with Crippen LogP contribution in [-0.4, -0.2) is 48.1 Å². The second kappa shape index (κ2) is 7.33. The van der Waals surface area contributed by atoms with Crippen molar-refractivity contribution >= 4 is 21.8 Å². The van der Waals surface area contributed by atoms with E-state index >= 15 is 0 Å². The molecule has 0 aromatic carbocycles. The van der Waals surface area contributed by atoms with Gasteiger partial charge in [0.15, 0.2) is 0 Å². The van der Waals surface area contributed by atoms with Crippen molar-refractivity contribution in [1.82, 2.24) is 4.90 Å². The number of hydrogen-bond donors (Lipinski definition) is 0. The number of nitrogens with zero attached hydrogens (tertiary/aromatic N) is 1. The number of hydrogen-bond acceptors (Lipinski definition) is 2. The highest BCUT2D eigenvalue weighted by atomic mass is 79.9. The average Bonchev–Trinajstić information content (AvgIpc) is 2.19. The molecule has 0 saturated heterocycles. The quantitative estimate of drug-likeness (QED) is 0.671. The van der Waals surface area contributed by atoms with Gasteiger partial charge in [-0.15, -0.1) is 0 Å². The van der Waals surface area contributed by atoms with Crippen LogP contribution < -0.4 is 0 Å². The maximum absolute atomic E-state index is 11.9. The SMILES string of the molecule is O=C(COCC(F)(F)F)N(CCCBr)C1CCC1. The van der Waals surface area contributed by atoms with Gasteiger partial charge in [-0.25, -0.2) is 0 Å². The lowest BCUT2D eigenvalue weighted by molar-refractivity contribution is -0.178. The van der Waals surface area contributed by atoms with E-state index in [1.54, 1.807) is 4.90 Å². The summed E-state index contributed by atoms with van der Waals surface area (Å²) in [6, 6.07) is 0.186. The van der Waals surface area contributed by atoms with Gasteiger partial charge in [-0.2, -0.15) is 13.2 Å². The van der Waals surface area contributed by atoms with Crippen LogP contribution in [0.15, 0.2) is 0 Å². The Kier molecular flexibility index (Phi) is 6.42. The van der Waals surface area contributed by atoms with Gasteiger partial charge in [0.25, 0.3) is 0 Å². The highest BCUT2D eigenvalue weighted by Crippen LogP contribution is 2.25. The van der Waals surface area contributed by atoms with Gasteiger partial charge < -0.3 is 9.64 Å². The number of halogens is 4. The van der Waals surface area contributed by atoms with E-state index < -0.39 is 19.4 Å². The molecular weight excluding hydrogens is 315 g/mol. The molecule has 0 aromatic rings. The van der Waals surface area contributed by atoms with Gasteiger partial charge in [-0.1, -0.05) is 15.9 Å². The second-order valence-corrected chi connectivity index (χ2v) is 5.12. The van der Waals surface area contributed by atoms with Crippen molar-refractivity contribution in [3.8, 4) is 0 Å². The van der Waals surface area contributed by atoms with Crippen LogP contribution >= 0.6 is 15.9 Å². The van der Waals surface area contributed by atoms with Crippen molar-refractivity contribution in [2.75, 3.05) is 25.1 Å². The fraction of sp³-hybridized carbons (Fsp3) is 0.909. The molecule has 1 fully saturated rings. The Balaban J connectivity index is 2.34. The van der Waals surface area contributed by atoms with Crippen molar-refractivity contribution < 1.29 is 22.7 Å². The van der Waals surface area contributed by atoms with E-state index in [9.17, 15) is 18.0 Å². The monoisotopic (exact) mass is 331 g/mol. The summed E-state index contributed by atoms with van der Waals surface area (Å²) in [5, 5.41) is 0.771. The molecule has 1 rings (SSSR count). The minimum Gasteiger partial charge on any atom is -0.362 e. The van der Waals surface area contributed by atoms with Crippen LogP contribution in [0.3, 0.4) is 0 Å². The third kappa shape index (κ3) is 5.56. The lowest BCUT2D eigenvalue weighted by Crippen LogP contribution is -2.46. The van der Waals surface area contributed by atoms with Gasteiger partial charge in [0, 0.05) is 17.9 Å². The molecule has 0 N–H and O–H groups in total. The molecule has 0 radical (unpaired) electrons. The summed E-state index contributed by atoms with van der Waals surface area (Å²) in [4.78, 5) is 13.4. The minimum absolute atomic E-state index is 0.186. The molecule has 1 aliphatic carbocycles. The Morgan fingerprint density at radius 1 is 1.39 bits per heavy atom.